The van der Waals surface area contributed by atoms with Crippen LogP contribution in [0.2, 0.25) is 10.0 Å². The summed E-state index contributed by atoms with van der Waals surface area (Å²) in [6.07, 6.45) is 1.77. The Morgan fingerprint density at radius 2 is 1.84 bits per heavy atom. The summed E-state index contributed by atoms with van der Waals surface area (Å²) < 4.78 is 5.33. The summed E-state index contributed by atoms with van der Waals surface area (Å²) in [7, 11) is 0. The van der Waals surface area contributed by atoms with Crippen LogP contribution in [0.1, 0.15) is 26.3 Å². The van der Waals surface area contributed by atoms with Crippen LogP contribution in [0.15, 0.2) is 48.7 Å². The second-order valence-corrected chi connectivity index (χ2v) is 9.41. The Morgan fingerprint density at radius 3 is 2.56 bits per heavy atom. The minimum absolute atomic E-state index is 0.433. The molecule has 0 unspecified atom stereocenters. The summed E-state index contributed by atoms with van der Waals surface area (Å²) in [4.78, 5) is 19.8. The fourth-order valence-electron chi connectivity index (χ4n) is 3.53. The number of H-pyrrole nitrogens is 1. The topological polar surface area (TPSA) is 79.0 Å². The van der Waals surface area contributed by atoms with Gasteiger partial charge in [0.2, 0.25) is 0 Å². The maximum atomic E-state index is 12.0. The standard InChI is InChI=1S/C24H24Cl2N4O2/c1-24(2,3)32-23(31)27-9-8-14-10-17(29-21-7-5-16(26)13-28-21)12-19-18-11-15(25)4-6-20(18)30-22(14)19/h4-7,10-13,30H,8-9H2,1-3H3,(H,27,31)(H,28,29). The molecule has 32 heavy (non-hydrogen) atoms. The monoisotopic (exact) mass is 470 g/mol. The number of alkyl carbamates (subject to hydrolysis) is 1. The van der Waals surface area contributed by atoms with E-state index in [-0.39, 0.29) is 0 Å². The third-order valence-electron chi connectivity index (χ3n) is 4.81. The molecular weight excluding hydrogens is 447 g/mol. The SMILES string of the molecule is CC(C)(C)OC(=O)NCCc1cc(Nc2ccc(Cl)cn2)cc2c1[nH]c1ccc(Cl)cc12. The van der Waals surface area contributed by atoms with E-state index >= 15 is 0 Å². The van der Waals surface area contributed by atoms with Crippen LogP contribution in [-0.4, -0.2) is 28.2 Å². The Hall–Kier alpha value is -2.96. The molecule has 2 heterocycles. The molecule has 0 bridgehead atoms. The number of carbonyl (C=O) groups excluding carboxylic acids is 1. The first kappa shape index (κ1) is 22.2. The summed E-state index contributed by atoms with van der Waals surface area (Å²) in [5.41, 5.74) is 3.38. The smallest absolute Gasteiger partial charge is 0.407 e. The maximum Gasteiger partial charge on any atom is 0.407 e. The van der Waals surface area contributed by atoms with Gasteiger partial charge >= 0.3 is 6.09 Å². The Bertz CT molecular complexity index is 1280. The van der Waals surface area contributed by atoms with Gasteiger partial charge < -0.3 is 20.4 Å². The number of nitrogens with zero attached hydrogens (tertiary/aromatic N) is 1. The maximum absolute atomic E-state index is 12.0. The van der Waals surface area contributed by atoms with E-state index in [2.05, 4.69) is 26.7 Å². The van der Waals surface area contributed by atoms with E-state index < -0.39 is 11.7 Å². The lowest BCUT2D eigenvalue weighted by atomic mass is 10.0. The quantitative estimate of drug-likeness (QED) is 0.298. The van der Waals surface area contributed by atoms with Gasteiger partial charge in [0.15, 0.2) is 0 Å². The fraction of sp³-hybridized carbons (Fsp3) is 0.250. The highest BCUT2D eigenvalue weighted by molar-refractivity contribution is 6.32. The number of ether oxygens (including phenoxy) is 1. The zero-order chi connectivity index (χ0) is 22.9. The average Bonchev–Trinajstić information content (AvgIpc) is 3.06. The predicted molar refractivity (Wildman–Crippen MR) is 131 cm³/mol. The number of aromatic amines is 1. The lowest BCUT2D eigenvalue weighted by molar-refractivity contribution is 0.0528. The number of carbonyl (C=O) groups is 1. The van der Waals surface area contributed by atoms with Crippen LogP contribution < -0.4 is 10.6 Å². The van der Waals surface area contributed by atoms with Crippen molar-refractivity contribution in [2.75, 3.05) is 11.9 Å². The molecule has 0 atom stereocenters. The third-order valence-corrected chi connectivity index (χ3v) is 5.27. The van der Waals surface area contributed by atoms with E-state index in [1.165, 1.54) is 0 Å². The Labute approximate surface area is 196 Å². The molecule has 6 nitrogen and oxygen atoms in total. The van der Waals surface area contributed by atoms with Gasteiger partial charge in [-0.25, -0.2) is 9.78 Å². The number of hydrogen-bond donors (Lipinski definition) is 3. The second-order valence-electron chi connectivity index (χ2n) is 8.54. The zero-order valence-electron chi connectivity index (χ0n) is 18.1. The van der Waals surface area contributed by atoms with Crippen molar-refractivity contribution < 1.29 is 9.53 Å². The van der Waals surface area contributed by atoms with Crippen molar-refractivity contribution >= 4 is 62.6 Å². The molecule has 0 aliphatic rings. The molecule has 0 radical (unpaired) electrons. The van der Waals surface area contributed by atoms with Gasteiger partial charge in [-0.1, -0.05) is 23.2 Å². The van der Waals surface area contributed by atoms with Crippen LogP contribution in [0.4, 0.5) is 16.3 Å². The van der Waals surface area contributed by atoms with E-state index in [1.54, 1.807) is 12.3 Å². The van der Waals surface area contributed by atoms with Gasteiger partial charge in [0, 0.05) is 45.3 Å². The van der Waals surface area contributed by atoms with Crippen LogP contribution in [0.3, 0.4) is 0 Å². The van der Waals surface area contributed by atoms with Gasteiger partial charge in [-0.15, -0.1) is 0 Å². The Morgan fingerprint density at radius 1 is 1.06 bits per heavy atom. The molecule has 3 N–H and O–H groups in total. The van der Waals surface area contributed by atoms with Crippen molar-refractivity contribution in [3.05, 3.63) is 64.3 Å². The molecule has 8 heteroatoms. The summed E-state index contributed by atoms with van der Waals surface area (Å²) in [5, 5.41) is 9.47. The first-order valence-electron chi connectivity index (χ1n) is 10.3. The van der Waals surface area contributed by atoms with Crippen LogP contribution >= 0.6 is 23.2 Å². The molecular formula is C24H24Cl2N4O2. The lowest BCUT2D eigenvalue weighted by Gasteiger charge is -2.19. The second kappa shape index (κ2) is 8.88. The molecule has 4 rings (SSSR count). The number of nitrogens with one attached hydrogen (secondary N) is 3. The van der Waals surface area contributed by atoms with Gasteiger partial charge in [0.25, 0.3) is 0 Å². The summed E-state index contributed by atoms with van der Waals surface area (Å²) in [6.45, 7) is 5.95. The lowest BCUT2D eigenvalue weighted by Crippen LogP contribution is -2.33. The van der Waals surface area contributed by atoms with E-state index in [0.29, 0.717) is 28.8 Å². The van der Waals surface area contributed by atoms with E-state index in [0.717, 1.165) is 33.1 Å². The molecule has 1 amide bonds. The van der Waals surface area contributed by atoms with Crippen LogP contribution in [0.25, 0.3) is 21.8 Å². The minimum atomic E-state index is -0.538. The van der Waals surface area contributed by atoms with Crippen LogP contribution in [-0.2, 0) is 11.2 Å². The normalized spacial score (nSPS) is 11.7. The average molecular weight is 471 g/mol. The molecule has 0 saturated carbocycles. The number of pyridine rings is 1. The predicted octanol–water partition coefficient (Wildman–Crippen LogP) is 6.83. The van der Waals surface area contributed by atoms with Crippen molar-refractivity contribution in [1.29, 1.82) is 0 Å². The molecule has 2 aromatic carbocycles. The molecule has 0 saturated heterocycles. The Kier molecular flexibility index (Phi) is 6.17. The van der Waals surface area contributed by atoms with Gasteiger partial charge in [-0.2, -0.15) is 0 Å². The van der Waals surface area contributed by atoms with E-state index in [4.69, 9.17) is 27.9 Å². The Balaban J connectivity index is 1.66. The number of fused-ring (bicyclic) bond motifs is 3. The third kappa shape index (κ3) is 5.26. The van der Waals surface area contributed by atoms with E-state index in [9.17, 15) is 4.79 Å². The number of hydrogen-bond acceptors (Lipinski definition) is 4. The molecule has 0 aliphatic carbocycles. The van der Waals surface area contributed by atoms with Crippen molar-refractivity contribution in [1.82, 2.24) is 15.3 Å². The molecule has 166 valence electrons. The minimum Gasteiger partial charge on any atom is -0.444 e. The number of aromatic nitrogens is 2. The van der Waals surface area contributed by atoms with Crippen molar-refractivity contribution in [3.63, 3.8) is 0 Å². The van der Waals surface area contributed by atoms with Crippen molar-refractivity contribution in [3.8, 4) is 0 Å². The van der Waals surface area contributed by atoms with Gasteiger partial charge in [-0.05, 0) is 75.2 Å². The van der Waals surface area contributed by atoms with E-state index in [1.807, 2.05) is 51.1 Å². The highest BCUT2D eigenvalue weighted by Crippen LogP contribution is 2.33. The van der Waals surface area contributed by atoms with Crippen LogP contribution in [0.5, 0.6) is 0 Å². The van der Waals surface area contributed by atoms with Crippen molar-refractivity contribution in [2.24, 2.45) is 0 Å². The summed E-state index contributed by atoms with van der Waals surface area (Å²) in [6, 6.07) is 13.5. The number of halogens is 2. The number of anilines is 2. The van der Waals surface area contributed by atoms with Crippen LogP contribution in [0, 0.1) is 0 Å². The molecule has 4 aromatic rings. The largest absolute Gasteiger partial charge is 0.444 e. The highest BCUT2D eigenvalue weighted by Gasteiger charge is 2.16. The fourth-order valence-corrected chi connectivity index (χ4v) is 3.81. The van der Waals surface area contributed by atoms with Gasteiger partial charge in [-0.3, -0.25) is 0 Å². The highest BCUT2D eigenvalue weighted by atomic mass is 35.5. The summed E-state index contributed by atoms with van der Waals surface area (Å²) in [5.74, 6) is 0.685. The van der Waals surface area contributed by atoms with Gasteiger partial charge in [0.1, 0.15) is 11.4 Å². The van der Waals surface area contributed by atoms with Gasteiger partial charge in [0.05, 0.1) is 5.02 Å². The molecule has 0 spiro atoms. The zero-order valence-corrected chi connectivity index (χ0v) is 19.6. The summed E-state index contributed by atoms with van der Waals surface area (Å²) >= 11 is 12.2. The van der Waals surface area contributed by atoms with Crippen molar-refractivity contribution in [2.45, 2.75) is 32.8 Å². The first-order valence-corrected chi connectivity index (χ1v) is 11.0. The molecule has 0 fully saturated rings. The first-order chi connectivity index (χ1) is 15.2. The molecule has 0 aliphatic heterocycles. The number of amides is 1. The molecule has 2 aromatic heterocycles. The number of rotatable bonds is 5. The number of benzene rings is 2.